The summed E-state index contributed by atoms with van der Waals surface area (Å²) >= 11 is 0. The molecule has 0 unspecified atom stereocenters. The molecule has 4 nitrogen and oxygen atoms in total. The Kier molecular flexibility index (Phi) is 6.40. The molecule has 0 spiro atoms. The maximum atomic E-state index is 12.3. The van der Waals surface area contributed by atoms with Crippen LogP contribution in [-0.2, 0) is 20.7 Å². The van der Waals surface area contributed by atoms with E-state index in [-0.39, 0.29) is 5.91 Å². The topological polar surface area (TPSA) is 55.4 Å². The van der Waals surface area contributed by atoms with Crippen molar-refractivity contribution in [2.24, 2.45) is 0 Å². The molecule has 1 rings (SSSR count). The van der Waals surface area contributed by atoms with Crippen molar-refractivity contribution in [3.63, 3.8) is 0 Å². The number of hydrogen-bond donors (Lipinski definition) is 1. The Morgan fingerprint density at radius 1 is 1.19 bits per heavy atom. The van der Waals surface area contributed by atoms with Gasteiger partial charge in [-0.3, -0.25) is 4.79 Å². The lowest BCUT2D eigenvalue weighted by molar-refractivity contribution is -0.158. The van der Waals surface area contributed by atoms with Crippen molar-refractivity contribution >= 4 is 11.9 Å². The molecule has 0 aliphatic heterocycles. The largest absolute Gasteiger partial charge is 0.458 e. The van der Waals surface area contributed by atoms with Crippen LogP contribution in [0.5, 0.6) is 0 Å². The van der Waals surface area contributed by atoms with Crippen molar-refractivity contribution in [3.8, 4) is 0 Å². The van der Waals surface area contributed by atoms with E-state index in [9.17, 15) is 9.59 Å². The predicted molar refractivity (Wildman–Crippen MR) is 82.8 cm³/mol. The lowest BCUT2D eigenvalue weighted by atomic mass is 10.1. The van der Waals surface area contributed by atoms with Crippen LogP contribution in [0.3, 0.4) is 0 Å². The van der Waals surface area contributed by atoms with Crippen LogP contribution in [0.15, 0.2) is 30.3 Å². The molecule has 21 heavy (non-hydrogen) atoms. The Labute approximate surface area is 126 Å². The highest BCUT2D eigenvalue weighted by Crippen LogP contribution is 2.11. The van der Waals surface area contributed by atoms with E-state index in [2.05, 4.69) is 5.32 Å². The molecular weight excluding hydrogens is 266 g/mol. The first-order chi connectivity index (χ1) is 9.81. The van der Waals surface area contributed by atoms with Crippen molar-refractivity contribution in [2.45, 2.75) is 58.6 Å². The van der Waals surface area contributed by atoms with Gasteiger partial charge in [-0.05, 0) is 32.8 Å². The second-order valence-corrected chi connectivity index (χ2v) is 6.09. The number of rotatable bonds is 6. The molecule has 0 saturated heterocycles. The van der Waals surface area contributed by atoms with E-state index in [1.807, 2.05) is 58.0 Å². The average Bonchev–Trinajstić information content (AvgIpc) is 2.37. The van der Waals surface area contributed by atoms with Gasteiger partial charge in [0.1, 0.15) is 11.6 Å². The highest BCUT2D eigenvalue weighted by Gasteiger charge is 2.26. The molecule has 1 aromatic carbocycles. The molecule has 0 bridgehead atoms. The SMILES string of the molecule is CCCC(=O)N[C@H](Cc1ccccc1)C(=O)OC(C)(C)C. The van der Waals surface area contributed by atoms with Gasteiger partial charge in [-0.1, -0.05) is 37.3 Å². The molecule has 1 N–H and O–H groups in total. The van der Waals surface area contributed by atoms with E-state index < -0.39 is 17.6 Å². The fourth-order valence-electron chi connectivity index (χ4n) is 1.91. The Balaban J connectivity index is 2.78. The first-order valence-corrected chi connectivity index (χ1v) is 7.38. The van der Waals surface area contributed by atoms with Crippen LogP contribution < -0.4 is 5.32 Å². The van der Waals surface area contributed by atoms with Gasteiger partial charge in [0.2, 0.25) is 5.91 Å². The number of benzene rings is 1. The first-order valence-electron chi connectivity index (χ1n) is 7.38. The Bertz CT molecular complexity index is 463. The minimum absolute atomic E-state index is 0.121. The van der Waals surface area contributed by atoms with E-state index in [1.54, 1.807) is 0 Å². The Hall–Kier alpha value is -1.84. The second-order valence-electron chi connectivity index (χ2n) is 6.09. The maximum absolute atomic E-state index is 12.3. The number of nitrogens with one attached hydrogen (secondary N) is 1. The van der Waals surface area contributed by atoms with Gasteiger partial charge in [0.25, 0.3) is 0 Å². The molecule has 0 saturated carbocycles. The third kappa shape index (κ3) is 6.93. The van der Waals surface area contributed by atoms with Gasteiger partial charge >= 0.3 is 5.97 Å². The third-order valence-electron chi connectivity index (χ3n) is 2.79. The van der Waals surface area contributed by atoms with Gasteiger partial charge < -0.3 is 10.1 Å². The standard InChI is InChI=1S/C17H25NO3/c1-5-9-15(19)18-14(16(20)21-17(2,3)4)12-13-10-7-6-8-11-13/h6-8,10-11,14H,5,9,12H2,1-4H3,(H,18,19)/t14-/m1/s1. The van der Waals surface area contributed by atoms with Crippen molar-refractivity contribution in [1.29, 1.82) is 0 Å². The first kappa shape index (κ1) is 17.2. The quantitative estimate of drug-likeness (QED) is 0.820. The van der Waals surface area contributed by atoms with Crippen LogP contribution in [0.4, 0.5) is 0 Å². The molecule has 0 aliphatic rings. The summed E-state index contributed by atoms with van der Waals surface area (Å²) in [7, 11) is 0. The summed E-state index contributed by atoms with van der Waals surface area (Å²) < 4.78 is 5.40. The van der Waals surface area contributed by atoms with Crippen molar-refractivity contribution < 1.29 is 14.3 Å². The van der Waals surface area contributed by atoms with Gasteiger partial charge in [0, 0.05) is 12.8 Å². The van der Waals surface area contributed by atoms with Crippen LogP contribution in [0.25, 0.3) is 0 Å². The van der Waals surface area contributed by atoms with Crippen LogP contribution in [0.2, 0.25) is 0 Å². The number of carbonyl (C=O) groups excluding carboxylic acids is 2. The van der Waals surface area contributed by atoms with Gasteiger partial charge in [-0.25, -0.2) is 4.79 Å². The minimum atomic E-state index is -0.648. The molecule has 0 heterocycles. The number of amides is 1. The Morgan fingerprint density at radius 3 is 2.33 bits per heavy atom. The van der Waals surface area contributed by atoms with Crippen LogP contribution >= 0.6 is 0 Å². The normalized spacial score (nSPS) is 12.6. The van der Waals surface area contributed by atoms with E-state index in [4.69, 9.17) is 4.74 Å². The maximum Gasteiger partial charge on any atom is 0.329 e. The van der Waals surface area contributed by atoms with Crippen LogP contribution in [-0.4, -0.2) is 23.5 Å². The summed E-state index contributed by atoms with van der Waals surface area (Å²) in [4.78, 5) is 24.1. The summed E-state index contributed by atoms with van der Waals surface area (Å²) in [6.07, 6.45) is 1.59. The zero-order valence-electron chi connectivity index (χ0n) is 13.3. The summed E-state index contributed by atoms with van der Waals surface area (Å²) in [6, 6.07) is 8.96. The van der Waals surface area contributed by atoms with Gasteiger partial charge in [0.05, 0.1) is 0 Å². The second kappa shape index (κ2) is 7.81. The molecular formula is C17H25NO3. The number of esters is 1. The third-order valence-corrected chi connectivity index (χ3v) is 2.79. The molecule has 0 aromatic heterocycles. The fourth-order valence-corrected chi connectivity index (χ4v) is 1.91. The van der Waals surface area contributed by atoms with E-state index in [0.717, 1.165) is 12.0 Å². The molecule has 0 aliphatic carbocycles. The van der Waals surface area contributed by atoms with Crippen molar-refractivity contribution in [3.05, 3.63) is 35.9 Å². The zero-order valence-corrected chi connectivity index (χ0v) is 13.3. The highest BCUT2D eigenvalue weighted by molar-refractivity contribution is 5.84. The summed E-state index contributed by atoms with van der Waals surface area (Å²) in [5.41, 5.74) is 0.423. The average molecular weight is 291 g/mol. The molecule has 0 radical (unpaired) electrons. The number of ether oxygens (including phenoxy) is 1. The van der Waals surface area contributed by atoms with Crippen LogP contribution in [0.1, 0.15) is 46.1 Å². The lowest BCUT2D eigenvalue weighted by Gasteiger charge is -2.24. The summed E-state index contributed by atoms with van der Waals surface area (Å²) in [5, 5.41) is 2.78. The fraction of sp³-hybridized carbons (Fsp3) is 0.529. The molecule has 1 amide bonds. The Morgan fingerprint density at radius 2 is 1.81 bits per heavy atom. The predicted octanol–water partition coefficient (Wildman–Crippen LogP) is 2.86. The monoisotopic (exact) mass is 291 g/mol. The molecule has 0 fully saturated rings. The van der Waals surface area contributed by atoms with Crippen molar-refractivity contribution in [1.82, 2.24) is 5.32 Å². The van der Waals surface area contributed by atoms with Crippen LogP contribution in [0, 0.1) is 0 Å². The molecule has 1 atom stereocenters. The zero-order chi connectivity index (χ0) is 15.9. The molecule has 1 aromatic rings. The van der Waals surface area contributed by atoms with Crippen molar-refractivity contribution in [2.75, 3.05) is 0 Å². The van der Waals surface area contributed by atoms with Gasteiger partial charge in [-0.15, -0.1) is 0 Å². The highest BCUT2D eigenvalue weighted by atomic mass is 16.6. The summed E-state index contributed by atoms with van der Waals surface area (Å²) in [5.74, 6) is -0.514. The lowest BCUT2D eigenvalue weighted by Crippen LogP contribution is -2.45. The number of carbonyl (C=O) groups is 2. The summed E-state index contributed by atoms with van der Waals surface area (Å²) in [6.45, 7) is 7.38. The van der Waals surface area contributed by atoms with Gasteiger partial charge in [0.15, 0.2) is 0 Å². The van der Waals surface area contributed by atoms with E-state index in [0.29, 0.717) is 12.8 Å². The number of hydrogen-bond acceptors (Lipinski definition) is 3. The van der Waals surface area contributed by atoms with E-state index in [1.165, 1.54) is 0 Å². The van der Waals surface area contributed by atoms with Gasteiger partial charge in [-0.2, -0.15) is 0 Å². The smallest absolute Gasteiger partial charge is 0.329 e. The van der Waals surface area contributed by atoms with E-state index >= 15 is 0 Å². The minimum Gasteiger partial charge on any atom is -0.458 e. The molecule has 116 valence electrons. The molecule has 4 heteroatoms.